The molecule has 0 saturated carbocycles. The van der Waals surface area contributed by atoms with Gasteiger partial charge in [0.2, 0.25) is 0 Å². The second kappa shape index (κ2) is 6.54. The van der Waals surface area contributed by atoms with Crippen LogP contribution in [0.15, 0.2) is 18.2 Å². The molecule has 0 bridgehead atoms. The third-order valence-electron chi connectivity index (χ3n) is 4.63. The number of halogens is 4. The maximum atomic E-state index is 13.4. The second-order valence-electron chi connectivity index (χ2n) is 6.62. The van der Waals surface area contributed by atoms with Crippen molar-refractivity contribution in [3.8, 4) is 0 Å². The lowest BCUT2D eigenvalue weighted by molar-refractivity contribution is -0.140. The standard InChI is InChI=1S/C16H20F4N4O/c1-15(10-25)8-21-4-5-23(15)7-14-22-12-6-11(17)2-3-13(12)24(14)9-16(18,19)20/h2-3,6,21,25H,4-5,7-10H2,1H3. The van der Waals surface area contributed by atoms with Crippen molar-refractivity contribution in [3.63, 3.8) is 0 Å². The van der Waals surface area contributed by atoms with E-state index in [1.165, 1.54) is 6.07 Å². The molecule has 2 heterocycles. The lowest BCUT2D eigenvalue weighted by atomic mass is 9.98. The van der Waals surface area contributed by atoms with E-state index in [1.807, 2.05) is 11.8 Å². The normalized spacial score (nSPS) is 22.6. The van der Waals surface area contributed by atoms with Crippen LogP contribution in [0.5, 0.6) is 0 Å². The largest absolute Gasteiger partial charge is 0.406 e. The van der Waals surface area contributed by atoms with E-state index in [9.17, 15) is 22.7 Å². The van der Waals surface area contributed by atoms with Gasteiger partial charge in [0.15, 0.2) is 0 Å². The first-order valence-corrected chi connectivity index (χ1v) is 8.00. The van der Waals surface area contributed by atoms with Gasteiger partial charge in [0, 0.05) is 25.7 Å². The third kappa shape index (κ3) is 3.78. The van der Waals surface area contributed by atoms with Crippen LogP contribution in [0, 0.1) is 5.82 Å². The average molecular weight is 360 g/mol. The number of piperazine rings is 1. The Morgan fingerprint density at radius 2 is 2.12 bits per heavy atom. The number of aliphatic hydroxyl groups excluding tert-OH is 1. The van der Waals surface area contributed by atoms with E-state index in [0.29, 0.717) is 19.6 Å². The fourth-order valence-corrected chi connectivity index (χ4v) is 3.18. The molecule has 0 radical (unpaired) electrons. The van der Waals surface area contributed by atoms with Gasteiger partial charge in [-0.1, -0.05) is 0 Å². The number of nitrogens with one attached hydrogen (secondary N) is 1. The monoisotopic (exact) mass is 360 g/mol. The number of hydrogen-bond acceptors (Lipinski definition) is 4. The number of imidazole rings is 1. The average Bonchev–Trinajstić information content (AvgIpc) is 2.84. The molecule has 1 atom stereocenters. The molecule has 9 heteroatoms. The predicted molar refractivity (Wildman–Crippen MR) is 84.5 cm³/mol. The Morgan fingerprint density at radius 3 is 2.80 bits per heavy atom. The van der Waals surface area contributed by atoms with E-state index in [2.05, 4.69) is 10.3 Å². The smallest absolute Gasteiger partial charge is 0.394 e. The SMILES string of the molecule is CC1(CO)CNCCN1Cc1nc2cc(F)ccc2n1CC(F)(F)F. The molecule has 5 nitrogen and oxygen atoms in total. The zero-order valence-corrected chi connectivity index (χ0v) is 13.8. The first-order valence-electron chi connectivity index (χ1n) is 8.00. The van der Waals surface area contributed by atoms with Gasteiger partial charge in [0.1, 0.15) is 18.2 Å². The highest BCUT2D eigenvalue weighted by Gasteiger charge is 2.36. The summed E-state index contributed by atoms with van der Waals surface area (Å²) >= 11 is 0. The van der Waals surface area contributed by atoms with Crippen molar-refractivity contribution in [2.24, 2.45) is 0 Å². The van der Waals surface area contributed by atoms with Crippen LogP contribution in [0.1, 0.15) is 12.7 Å². The Morgan fingerprint density at radius 1 is 1.36 bits per heavy atom. The molecular formula is C16H20F4N4O. The summed E-state index contributed by atoms with van der Waals surface area (Å²) in [5, 5.41) is 12.9. The van der Waals surface area contributed by atoms with Crippen molar-refractivity contribution in [2.75, 3.05) is 26.2 Å². The van der Waals surface area contributed by atoms with Crippen LogP contribution in [0.2, 0.25) is 0 Å². The van der Waals surface area contributed by atoms with E-state index in [0.717, 1.165) is 16.7 Å². The van der Waals surface area contributed by atoms with E-state index < -0.39 is 24.1 Å². The van der Waals surface area contributed by atoms with Crippen LogP contribution in [0.3, 0.4) is 0 Å². The van der Waals surface area contributed by atoms with Crippen molar-refractivity contribution < 1.29 is 22.7 Å². The summed E-state index contributed by atoms with van der Waals surface area (Å²) in [7, 11) is 0. The third-order valence-corrected chi connectivity index (χ3v) is 4.63. The maximum absolute atomic E-state index is 13.4. The van der Waals surface area contributed by atoms with Gasteiger partial charge in [0.25, 0.3) is 0 Å². The molecule has 1 fully saturated rings. The van der Waals surface area contributed by atoms with E-state index in [1.54, 1.807) is 0 Å². The molecule has 1 aliphatic rings. The number of benzene rings is 1. The molecule has 138 valence electrons. The summed E-state index contributed by atoms with van der Waals surface area (Å²) in [5.74, 6) is -0.336. The number of nitrogens with zero attached hydrogens (tertiary/aromatic N) is 3. The van der Waals surface area contributed by atoms with E-state index >= 15 is 0 Å². The fraction of sp³-hybridized carbons (Fsp3) is 0.562. The van der Waals surface area contributed by atoms with Crippen molar-refractivity contribution in [2.45, 2.75) is 31.7 Å². The van der Waals surface area contributed by atoms with Gasteiger partial charge in [-0.05, 0) is 19.1 Å². The molecule has 25 heavy (non-hydrogen) atoms. The summed E-state index contributed by atoms with van der Waals surface area (Å²) in [6.07, 6.45) is -4.42. The lowest BCUT2D eigenvalue weighted by Crippen LogP contribution is -2.61. The molecule has 0 amide bonds. The van der Waals surface area contributed by atoms with Crippen molar-refractivity contribution in [3.05, 3.63) is 29.8 Å². The first-order chi connectivity index (χ1) is 11.7. The van der Waals surface area contributed by atoms with Crippen molar-refractivity contribution >= 4 is 11.0 Å². The number of rotatable bonds is 4. The molecule has 3 rings (SSSR count). The van der Waals surface area contributed by atoms with Gasteiger partial charge in [0.05, 0.1) is 29.7 Å². The quantitative estimate of drug-likeness (QED) is 0.818. The topological polar surface area (TPSA) is 53.3 Å². The highest BCUT2D eigenvalue weighted by molar-refractivity contribution is 5.76. The molecule has 2 aromatic rings. The number of fused-ring (bicyclic) bond motifs is 1. The zero-order valence-electron chi connectivity index (χ0n) is 13.8. The van der Waals surface area contributed by atoms with Gasteiger partial charge in [-0.2, -0.15) is 13.2 Å². The number of hydrogen-bond donors (Lipinski definition) is 2. The number of aromatic nitrogens is 2. The Bertz CT molecular complexity index is 760. The zero-order chi connectivity index (χ0) is 18.2. The molecule has 0 aliphatic carbocycles. The minimum Gasteiger partial charge on any atom is -0.394 e. The predicted octanol–water partition coefficient (Wildman–Crippen LogP) is 1.89. The van der Waals surface area contributed by atoms with Gasteiger partial charge in [-0.15, -0.1) is 0 Å². The Balaban J connectivity index is 2.00. The van der Waals surface area contributed by atoms with Crippen molar-refractivity contribution in [1.29, 1.82) is 0 Å². The highest BCUT2D eigenvalue weighted by Crippen LogP contribution is 2.27. The van der Waals surface area contributed by atoms with E-state index in [4.69, 9.17) is 0 Å². The summed E-state index contributed by atoms with van der Waals surface area (Å²) in [6, 6.07) is 3.58. The lowest BCUT2D eigenvalue weighted by Gasteiger charge is -2.43. The van der Waals surface area contributed by atoms with E-state index in [-0.39, 0.29) is 30.0 Å². The van der Waals surface area contributed by atoms with Gasteiger partial charge in [-0.25, -0.2) is 9.37 Å². The van der Waals surface area contributed by atoms with Gasteiger partial charge >= 0.3 is 6.18 Å². The summed E-state index contributed by atoms with van der Waals surface area (Å²) < 4.78 is 53.6. The maximum Gasteiger partial charge on any atom is 0.406 e. The molecule has 1 aliphatic heterocycles. The number of aliphatic hydroxyl groups is 1. The van der Waals surface area contributed by atoms with Gasteiger partial charge in [-0.3, -0.25) is 4.90 Å². The molecule has 2 N–H and O–H groups in total. The van der Waals surface area contributed by atoms with Crippen LogP contribution in [0.25, 0.3) is 11.0 Å². The molecular weight excluding hydrogens is 340 g/mol. The fourth-order valence-electron chi connectivity index (χ4n) is 3.18. The molecule has 1 unspecified atom stereocenters. The highest BCUT2D eigenvalue weighted by atomic mass is 19.4. The second-order valence-corrected chi connectivity index (χ2v) is 6.62. The van der Waals surface area contributed by atoms with Crippen LogP contribution in [-0.2, 0) is 13.1 Å². The Hall–Kier alpha value is -1.71. The Labute approximate surface area is 142 Å². The Kier molecular flexibility index (Phi) is 4.74. The van der Waals surface area contributed by atoms with Crippen LogP contribution >= 0.6 is 0 Å². The van der Waals surface area contributed by atoms with Crippen LogP contribution < -0.4 is 5.32 Å². The molecule has 0 spiro atoms. The molecule has 1 saturated heterocycles. The first kappa shape index (κ1) is 18.1. The number of alkyl halides is 3. The molecule has 1 aromatic heterocycles. The summed E-state index contributed by atoms with van der Waals surface area (Å²) in [6.45, 7) is 2.43. The van der Waals surface area contributed by atoms with Gasteiger partial charge < -0.3 is 15.0 Å². The summed E-state index contributed by atoms with van der Waals surface area (Å²) in [4.78, 5) is 6.14. The minimum atomic E-state index is -4.42. The molecule has 1 aromatic carbocycles. The summed E-state index contributed by atoms with van der Waals surface area (Å²) in [5.41, 5.74) is -0.153. The van der Waals surface area contributed by atoms with Crippen LogP contribution in [-0.4, -0.2) is 57.5 Å². The minimum absolute atomic E-state index is 0.131. The van der Waals surface area contributed by atoms with Crippen LogP contribution in [0.4, 0.5) is 17.6 Å². The van der Waals surface area contributed by atoms with Crippen molar-refractivity contribution in [1.82, 2.24) is 19.8 Å².